The third kappa shape index (κ3) is 4.22. The van der Waals surface area contributed by atoms with Crippen LogP contribution in [0.4, 0.5) is 5.69 Å². The minimum atomic E-state index is -1.10. The van der Waals surface area contributed by atoms with E-state index in [2.05, 4.69) is 18.8 Å². The number of aliphatic imine (C=N–C) groups is 1. The third-order valence-corrected chi connectivity index (χ3v) is 5.92. The molecule has 0 saturated carbocycles. The number of carbonyl (C=O) groups is 3. The molecule has 1 aromatic rings. The maximum absolute atomic E-state index is 13.2. The smallest absolute Gasteiger partial charge is 0.323 e. The van der Waals surface area contributed by atoms with Gasteiger partial charge in [-0.05, 0) is 30.7 Å². The number of amides is 2. The molecule has 7 nitrogen and oxygen atoms in total. The van der Waals surface area contributed by atoms with Crippen LogP contribution in [0.15, 0.2) is 34.2 Å². The van der Waals surface area contributed by atoms with Crippen molar-refractivity contribution < 1.29 is 19.5 Å². The summed E-state index contributed by atoms with van der Waals surface area (Å²) in [5.74, 6) is -1.78. The van der Waals surface area contributed by atoms with Gasteiger partial charge in [-0.3, -0.25) is 29.2 Å². The van der Waals surface area contributed by atoms with Crippen LogP contribution in [0.2, 0.25) is 0 Å². The molecule has 2 heterocycles. The van der Waals surface area contributed by atoms with E-state index in [1.165, 1.54) is 16.7 Å². The zero-order valence-electron chi connectivity index (χ0n) is 16.7. The molecule has 0 unspecified atom stereocenters. The average Bonchev–Trinajstić information content (AvgIpc) is 3.14. The highest BCUT2D eigenvalue weighted by molar-refractivity contribution is 8.18. The van der Waals surface area contributed by atoms with Crippen molar-refractivity contribution in [1.82, 2.24) is 4.90 Å². The van der Waals surface area contributed by atoms with Gasteiger partial charge < -0.3 is 5.11 Å². The number of benzene rings is 1. The van der Waals surface area contributed by atoms with E-state index in [0.717, 1.165) is 25.7 Å². The number of amidine groups is 1. The number of hydrogen-bond donors (Lipinski definition) is 1. The molecule has 154 valence electrons. The van der Waals surface area contributed by atoms with Crippen molar-refractivity contribution >= 4 is 46.0 Å². The number of fused-ring (bicyclic) bond motifs is 1. The minimum Gasteiger partial charge on any atom is -0.480 e. The Labute approximate surface area is 174 Å². The Bertz CT molecular complexity index is 894. The highest BCUT2D eigenvalue weighted by atomic mass is 32.2. The van der Waals surface area contributed by atoms with Crippen molar-refractivity contribution in [1.29, 1.82) is 0 Å². The molecular weight excluding hydrogens is 390 g/mol. The lowest BCUT2D eigenvalue weighted by atomic mass is 10.1. The topological polar surface area (TPSA) is 90.3 Å². The van der Waals surface area contributed by atoms with Crippen molar-refractivity contribution in [2.45, 2.75) is 39.5 Å². The van der Waals surface area contributed by atoms with Gasteiger partial charge in [0.05, 0.1) is 16.2 Å². The first-order valence-electron chi connectivity index (χ1n) is 9.91. The normalized spacial score (nSPS) is 20.1. The molecule has 1 saturated heterocycles. The van der Waals surface area contributed by atoms with Crippen molar-refractivity contribution in [3.63, 3.8) is 0 Å². The van der Waals surface area contributed by atoms with Crippen LogP contribution in [0.1, 0.15) is 45.1 Å². The predicted molar refractivity (Wildman–Crippen MR) is 115 cm³/mol. The lowest BCUT2D eigenvalue weighted by Gasteiger charge is -2.15. The molecule has 8 heteroatoms. The fraction of sp³-hybridized carbons (Fsp3) is 0.429. The number of carboxylic acids is 1. The fourth-order valence-electron chi connectivity index (χ4n) is 3.31. The number of hydrogen-bond acceptors (Lipinski definition) is 5. The van der Waals surface area contributed by atoms with Crippen LogP contribution < -0.4 is 4.90 Å². The first-order valence-corrected chi connectivity index (χ1v) is 10.7. The molecule has 3 rings (SSSR count). The van der Waals surface area contributed by atoms with Gasteiger partial charge in [-0.25, -0.2) is 0 Å². The van der Waals surface area contributed by atoms with Crippen molar-refractivity contribution in [3.05, 3.63) is 34.7 Å². The van der Waals surface area contributed by atoms with Crippen molar-refractivity contribution in [2.75, 3.05) is 24.5 Å². The van der Waals surface area contributed by atoms with E-state index in [-0.39, 0.29) is 11.5 Å². The number of thioether (sulfide) groups is 1. The molecule has 1 fully saturated rings. The summed E-state index contributed by atoms with van der Waals surface area (Å²) in [6.07, 6.45) is 3.72. The van der Waals surface area contributed by atoms with E-state index >= 15 is 0 Å². The SMILES string of the molecule is CCCCN=C1S/C(=C2\C(=O)N(CC(=O)O)c3ccccc32)C(=O)N1CCCC. The largest absolute Gasteiger partial charge is 0.480 e. The summed E-state index contributed by atoms with van der Waals surface area (Å²) in [6, 6.07) is 7.00. The van der Waals surface area contributed by atoms with Gasteiger partial charge in [0.2, 0.25) is 0 Å². The molecule has 2 aliphatic rings. The Morgan fingerprint density at radius 1 is 1.07 bits per heavy atom. The zero-order valence-corrected chi connectivity index (χ0v) is 17.5. The van der Waals surface area contributed by atoms with Gasteiger partial charge in [-0.1, -0.05) is 44.9 Å². The lowest BCUT2D eigenvalue weighted by Crippen LogP contribution is -2.33. The second-order valence-electron chi connectivity index (χ2n) is 6.94. The highest BCUT2D eigenvalue weighted by Crippen LogP contribution is 2.44. The molecule has 29 heavy (non-hydrogen) atoms. The maximum Gasteiger partial charge on any atom is 0.323 e. The Kier molecular flexibility index (Phi) is 6.74. The third-order valence-electron chi connectivity index (χ3n) is 4.80. The Hall–Kier alpha value is -2.61. The van der Waals surface area contributed by atoms with Gasteiger partial charge in [-0.15, -0.1) is 0 Å². The van der Waals surface area contributed by atoms with Gasteiger partial charge in [-0.2, -0.15) is 0 Å². The number of nitrogens with zero attached hydrogens (tertiary/aromatic N) is 3. The molecule has 0 aliphatic carbocycles. The number of para-hydroxylation sites is 1. The molecule has 0 radical (unpaired) electrons. The van der Waals surface area contributed by atoms with E-state index in [1.807, 2.05) is 0 Å². The molecule has 0 atom stereocenters. The molecule has 1 N–H and O–H groups in total. The van der Waals surface area contributed by atoms with Crippen LogP contribution in [0.3, 0.4) is 0 Å². The molecule has 2 amide bonds. The average molecular weight is 416 g/mol. The van der Waals surface area contributed by atoms with E-state index in [1.54, 1.807) is 29.2 Å². The van der Waals surface area contributed by atoms with E-state index in [0.29, 0.717) is 34.4 Å². The number of carbonyl (C=O) groups excluding carboxylic acids is 2. The highest BCUT2D eigenvalue weighted by Gasteiger charge is 2.42. The van der Waals surface area contributed by atoms with Crippen LogP contribution in [-0.2, 0) is 14.4 Å². The van der Waals surface area contributed by atoms with Gasteiger partial charge in [0.25, 0.3) is 11.8 Å². The fourth-order valence-corrected chi connectivity index (χ4v) is 4.43. The van der Waals surface area contributed by atoms with Crippen molar-refractivity contribution in [2.24, 2.45) is 4.99 Å². The summed E-state index contributed by atoms with van der Waals surface area (Å²) in [4.78, 5) is 45.4. The summed E-state index contributed by atoms with van der Waals surface area (Å²) in [5.41, 5.74) is 1.39. The summed E-state index contributed by atoms with van der Waals surface area (Å²) in [7, 11) is 0. The van der Waals surface area contributed by atoms with Crippen LogP contribution in [0.5, 0.6) is 0 Å². The number of rotatable bonds is 8. The van der Waals surface area contributed by atoms with Crippen molar-refractivity contribution in [3.8, 4) is 0 Å². The Morgan fingerprint density at radius 2 is 1.79 bits per heavy atom. The predicted octanol–water partition coefficient (Wildman–Crippen LogP) is 3.36. The molecular formula is C21H25N3O4S. The second kappa shape index (κ2) is 9.26. The summed E-state index contributed by atoms with van der Waals surface area (Å²) in [6.45, 7) is 4.89. The van der Waals surface area contributed by atoms with Crippen LogP contribution in [-0.4, -0.2) is 52.6 Å². The summed E-state index contributed by atoms with van der Waals surface area (Å²) in [5, 5.41) is 9.84. The first kappa shape index (κ1) is 21.1. The number of anilines is 1. The summed E-state index contributed by atoms with van der Waals surface area (Å²) >= 11 is 1.22. The number of aliphatic carboxylic acids is 1. The van der Waals surface area contributed by atoms with Gasteiger partial charge in [0.1, 0.15) is 6.54 Å². The first-order chi connectivity index (χ1) is 14.0. The van der Waals surface area contributed by atoms with Gasteiger partial charge in [0, 0.05) is 18.7 Å². The Morgan fingerprint density at radius 3 is 2.48 bits per heavy atom. The monoisotopic (exact) mass is 415 g/mol. The number of carboxylic acid groups (broad SMARTS) is 1. The standard InChI is InChI=1S/C21H25N3O4S/c1-3-5-11-22-21-23(12-6-4-2)20(28)18(29-21)17-14-9-7-8-10-15(14)24(19(17)27)13-16(25)26/h7-10H,3-6,11-13H2,1-2H3,(H,25,26)/b18-17-,22-21?. The van der Waals surface area contributed by atoms with E-state index in [4.69, 9.17) is 0 Å². The Balaban J connectivity index is 2.04. The van der Waals surface area contributed by atoms with Gasteiger partial charge in [0.15, 0.2) is 5.17 Å². The molecule has 1 aromatic carbocycles. The summed E-state index contributed by atoms with van der Waals surface area (Å²) < 4.78 is 0. The van der Waals surface area contributed by atoms with E-state index in [9.17, 15) is 19.5 Å². The minimum absolute atomic E-state index is 0.228. The van der Waals surface area contributed by atoms with Crippen LogP contribution in [0.25, 0.3) is 5.57 Å². The molecule has 0 spiro atoms. The van der Waals surface area contributed by atoms with Crippen LogP contribution in [0, 0.1) is 0 Å². The zero-order chi connectivity index (χ0) is 21.0. The molecule has 0 aromatic heterocycles. The molecule has 2 aliphatic heterocycles. The lowest BCUT2D eigenvalue weighted by molar-refractivity contribution is -0.136. The van der Waals surface area contributed by atoms with Gasteiger partial charge >= 0.3 is 5.97 Å². The van der Waals surface area contributed by atoms with E-state index < -0.39 is 18.4 Å². The number of unbranched alkanes of at least 4 members (excludes halogenated alkanes) is 2. The van der Waals surface area contributed by atoms with Crippen LogP contribution >= 0.6 is 11.8 Å². The quantitative estimate of drug-likeness (QED) is 0.519. The second-order valence-corrected chi connectivity index (χ2v) is 7.91. The molecule has 0 bridgehead atoms. The maximum atomic E-state index is 13.2.